The minimum Gasteiger partial charge on any atom is -0.378 e. The van der Waals surface area contributed by atoms with E-state index in [0.717, 1.165) is 0 Å². The second-order valence-electron chi connectivity index (χ2n) is 4.98. The van der Waals surface area contributed by atoms with E-state index >= 15 is 0 Å². The first-order chi connectivity index (χ1) is 12.8. The molecular formula is C16H34N2O8. The Kier molecular flexibility index (Phi) is 21.5. The summed E-state index contributed by atoms with van der Waals surface area (Å²) < 4.78 is 36.7. The monoisotopic (exact) mass is 382 g/mol. The van der Waals surface area contributed by atoms with Gasteiger partial charge in [-0.2, -0.15) is 0 Å². The Labute approximate surface area is 155 Å². The Morgan fingerprint density at radius 3 is 1.04 bits per heavy atom. The maximum atomic E-state index is 10.4. The van der Waals surface area contributed by atoms with Crippen LogP contribution in [0.3, 0.4) is 0 Å². The number of hydrogen-bond donors (Lipinski definition) is 2. The van der Waals surface area contributed by atoms with Crippen molar-refractivity contribution in [1.29, 1.82) is 0 Å². The third kappa shape index (κ3) is 23.1. The number of primary amides is 1. The first-order valence-corrected chi connectivity index (χ1v) is 8.80. The average Bonchev–Trinajstić information content (AvgIpc) is 2.62. The molecule has 0 spiro atoms. The van der Waals surface area contributed by atoms with E-state index in [0.29, 0.717) is 92.4 Å². The molecule has 10 heteroatoms. The molecule has 0 atom stereocenters. The summed E-state index contributed by atoms with van der Waals surface area (Å²) in [5, 5.41) is 0. The first kappa shape index (κ1) is 25.1. The lowest BCUT2D eigenvalue weighted by Gasteiger charge is -2.08. The molecule has 1 amide bonds. The quantitative estimate of drug-likeness (QED) is 0.216. The van der Waals surface area contributed by atoms with Crippen LogP contribution in [-0.2, 0) is 38.0 Å². The number of hydrogen-bond acceptors (Lipinski definition) is 9. The van der Waals surface area contributed by atoms with Gasteiger partial charge in [0, 0.05) is 6.54 Å². The van der Waals surface area contributed by atoms with Crippen LogP contribution in [0.4, 0.5) is 0 Å². The van der Waals surface area contributed by atoms with Crippen LogP contribution in [0, 0.1) is 0 Å². The average molecular weight is 382 g/mol. The summed E-state index contributed by atoms with van der Waals surface area (Å²) >= 11 is 0. The van der Waals surface area contributed by atoms with Gasteiger partial charge in [-0.25, -0.2) is 0 Å². The lowest BCUT2D eigenvalue weighted by Crippen LogP contribution is -2.20. The van der Waals surface area contributed by atoms with Crippen LogP contribution < -0.4 is 11.5 Å². The molecule has 0 radical (unpaired) electrons. The molecule has 26 heavy (non-hydrogen) atoms. The fraction of sp³-hybridized carbons (Fsp3) is 0.938. The number of carbonyl (C=O) groups excluding carboxylic acids is 1. The number of nitrogens with two attached hydrogens (primary N) is 2. The summed E-state index contributed by atoms with van der Waals surface area (Å²) in [4.78, 5) is 10.4. The highest BCUT2D eigenvalue weighted by atomic mass is 16.6. The standard InChI is InChI=1S/C16H34N2O8/c17-1-2-20-3-4-21-5-6-22-7-8-23-9-10-24-11-12-25-13-14-26-15-16(18)19/h1-15,17H2,(H2,18,19). The predicted octanol–water partition coefficient (Wildman–Crippen LogP) is -1.45. The summed E-state index contributed by atoms with van der Waals surface area (Å²) in [5.74, 6) is -0.490. The van der Waals surface area contributed by atoms with Crippen LogP contribution in [-0.4, -0.2) is 105 Å². The number of carbonyl (C=O) groups is 1. The third-order valence-electron chi connectivity index (χ3n) is 2.74. The fourth-order valence-electron chi connectivity index (χ4n) is 1.58. The third-order valence-corrected chi connectivity index (χ3v) is 2.74. The van der Waals surface area contributed by atoms with Crippen molar-refractivity contribution in [2.45, 2.75) is 0 Å². The maximum Gasteiger partial charge on any atom is 0.243 e. The molecular weight excluding hydrogens is 348 g/mol. The van der Waals surface area contributed by atoms with Gasteiger partial charge in [0.2, 0.25) is 5.91 Å². The molecule has 0 unspecified atom stereocenters. The van der Waals surface area contributed by atoms with E-state index in [2.05, 4.69) is 0 Å². The Bertz CT molecular complexity index is 297. The molecule has 0 rings (SSSR count). The molecule has 0 aliphatic carbocycles. The SMILES string of the molecule is NCCOCCOCCOCCOCCOCCOCCOCC(N)=O. The number of amides is 1. The van der Waals surface area contributed by atoms with Crippen molar-refractivity contribution in [2.75, 3.05) is 99.0 Å². The molecule has 156 valence electrons. The summed E-state index contributed by atoms with van der Waals surface area (Å²) in [7, 11) is 0. The molecule has 0 aromatic carbocycles. The largest absolute Gasteiger partial charge is 0.378 e. The molecule has 0 heterocycles. The van der Waals surface area contributed by atoms with Gasteiger partial charge in [0.15, 0.2) is 0 Å². The molecule has 0 aliphatic rings. The van der Waals surface area contributed by atoms with E-state index in [9.17, 15) is 4.79 Å². The van der Waals surface area contributed by atoms with Crippen molar-refractivity contribution >= 4 is 5.91 Å². The van der Waals surface area contributed by atoms with E-state index in [4.69, 9.17) is 44.6 Å². The van der Waals surface area contributed by atoms with Crippen LogP contribution in [0.25, 0.3) is 0 Å². The lowest BCUT2D eigenvalue weighted by atomic mass is 10.6. The Hall–Kier alpha value is -0.850. The van der Waals surface area contributed by atoms with Crippen molar-refractivity contribution in [3.05, 3.63) is 0 Å². The summed E-state index contributed by atoms with van der Waals surface area (Å²) in [6.07, 6.45) is 0. The normalized spacial score (nSPS) is 11.1. The van der Waals surface area contributed by atoms with Gasteiger partial charge in [-0.3, -0.25) is 4.79 Å². The fourth-order valence-corrected chi connectivity index (χ4v) is 1.58. The van der Waals surface area contributed by atoms with Crippen molar-refractivity contribution < 1.29 is 38.0 Å². The van der Waals surface area contributed by atoms with Gasteiger partial charge in [-0.15, -0.1) is 0 Å². The summed E-state index contributed by atoms with van der Waals surface area (Å²) in [6, 6.07) is 0. The van der Waals surface area contributed by atoms with Crippen LogP contribution >= 0.6 is 0 Å². The lowest BCUT2D eigenvalue weighted by molar-refractivity contribution is -0.123. The molecule has 0 saturated carbocycles. The minimum atomic E-state index is -0.490. The molecule has 0 aromatic heterocycles. The molecule has 4 N–H and O–H groups in total. The van der Waals surface area contributed by atoms with Gasteiger partial charge in [0.05, 0.1) is 85.9 Å². The van der Waals surface area contributed by atoms with Crippen molar-refractivity contribution in [3.63, 3.8) is 0 Å². The van der Waals surface area contributed by atoms with E-state index in [1.54, 1.807) is 0 Å². The van der Waals surface area contributed by atoms with Crippen LogP contribution in [0.2, 0.25) is 0 Å². The van der Waals surface area contributed by atoms with Crippen LogP contribution in [0.15, 0.2) is 0 Å². The van der Waals surface area contributed by atoms with E-state index < -0.39 is 5.91 Å². The molecule has 0 fully saturated rings. The zero-order valence-electron chi connectivity index (χ0n) is 15.5. The predicted molar refractivity (Wildman–Crippen MR) is 94.0 cm³/mol. The van der Waals surface area contributed by atoms with Crippen LogP contribution in [0.1, 0.15) is 0 Å². The molecule has 0 aliphatic heterocycles. The van der Waals surface area contributed by atoms with E-state index in [1.165, 1.54) is 0 Å². The number of ether oxygens (including phenoxy) is 7. The van der Waals surface area contributed by atoms with Crippen molar-refractivity contribution in [3.8, 4) is 0 Å². The maximum absolute atomic E-state index is 10.4. The van der Waals surface area contributed by atoms with Gasteiger partial charge in [-0.1, -0.05) is 0 Å². The van der Waals surface area contributed by atoms with E-state index in [1.807, 2.05) is 0 Å². The molecule has 0 saturated heterocycles. The van der Waals surface area contributed by atoms with Gasteiger partial charge in [0.1, 0.15) is 6.61 Å². The van der Waals surface area contributed by atoms with Crippen molar-refractivity contribution in [1.82, 2.24) is 0 Å². The van der Waals surface area contributed by atoms with Gasteiger partial charge in [-0.05, 0) is 0 Å². The zero-order valence-corrected chi connectivity index (χ0v) is 15.5. The highest BCUT2D eigenvalue weighted by Crippen LogP contribution is 1.85. The van der Waals surface area contributed by atoms with Crippen LogP contribution in [0.5, 0.6) is 0 Å². The first-order valence-electron chi connectivity index (χ1n) is 8.80. The Balaban J connectivity index is 2.98. The summed E-state index contributed by atoms with van der Waals surface area (Å²) in [6.45, 7) is 6.83. The summed E-state index contributed by atoms with van der Waals surface area (Å²) in [5.41, 5.74) is 10.2. The molecule has 10 nitrogen and oxygen atoms in total. The minimum absolute atomic E-state index is 0.0852. The second kappa shape index (κ2) is 22.2. The molecule has 0 aromatic rings. The highest BCUT2D eigenvalue weighted by Gasteiger charge is 1.95. The van der Waals surface area contributed by atoms with Gasteiger partial charge in [0.25, 0.3) is 0 Å². The number of rotatable bonds is 22. The molecule has 0 bridgehead atoms. The second-order valence-corrected chi connectivity index (χ2v) is 4.98. The Morgan fingerprint density at radius 1 is 0.500 bits per heavy atom. The van der Waals surface area contributed by atoms with Gasteiger partial charge < -0.3 is 44.6 Å². The zero-order chi connectivity index (χ0) is 19.1. The van der Waals surface area contributed by atoms with E-state index in [-0.39, 0.29) is 6.61 Å². The van der Waals surface area contributed by atoms with Crippen molar-refractivity contribution in [2.24, 2.45) is 11.5 Å². The van der Waals surface area contributed by atoms with Gasteiger partial charge >= 0.3 is 0 Å². The smallest absolute Gasteiger partial charge is 0.243 e. The Morgan fingerprint density at radius 2 is 0.769 bits per heavy atom. The highest BCUT2D eigenvalue weighted by molar-refractivity contribution is 5.74. The topological polar surface area (TPSA) is 134 Å².